The van der Waals surface area contributed by atoms with Crippen molar-refractivity contribution in [3.8, 4) is 0 Å². The fourth-order valence-corrected chi connectivity index (χ4v) is 5.74. The van der Waals surface area contributed by atoms with E-state index in [0.717, 1.165) is 6.42 Å². The number of hydrogen-bond donors (Lipinski definition) is 1. The molecule has 3 nitrogen and oxygen atoms in total. The quantitative estimate of drug-likeness (QED) is 0.642. The Bertz CT molecular complexity index is 1040. The average molecular weight is 388 g/mol. The molecule has 0 saturated heterocycles. The van der Waals surface area contributed by atoms with Crippen LogP contribution in [-0.4, -0.2) is 18.2 Å². The molecule has 3 aromatic rings. The number of ketones is 1. The zero-order chi connectivity index (χ0) is 19.3. The van der Waals surface area contributed by atoms with Gasteiger partial charge in [0.05, 0.1) is 9.75 Å². The Kier molecular flexibility index (Phi) is 4.17. The maximum atomic E-state index is 12.6. The largest absolute Gasteiger partial charge is 0.351 e. The zero-order valence-corrected chi connectivity index (χ0v) is 16.5. The first kappa shape index (κ1) is 17.4. The summed E-state index contributed by atoms with van der Waals surface area (Å²) in [6.07, 6.45) is 1.06. The SMILES string of the molecule is CC(=O)c1ccc(C(=O)NCC2CC3c4ccccc4C2c2ccccc23)s1. The van der Waals surface area contributed by atoms with E-state index in [9.17, 15) is 9.59 Å². The average Bonchev–Trinajstić information content (AvgIpc) is 3.23. The van der Waals surface area contributed by atoms with Gasteiger partial charge in [0, 0.05) is 18.4 Å². The van der Waals surface area contributed by atoms with Crippen molar-refractivity contribution in [3.63, 3.8) is 0 Å². The maximum absolute atomic E-state index is 12.6. The van der Waals surface area contributed by atoms with Crippen LogP contribution in [0.4, 0.5) is 0 Å². The van der Waals surface area contributed by atoms with Gasteiger partial charge in [0.15, 0.2) is 5.78 Å². The van der Waals surface area contributed by atoms with Crippen LogP contribution in [0.15, 0.2) is 60.7 Å². The third kappa shape index (κ3) is 2.71. The van der Waals surface area contributed by atoms with Crippen LogP contribution in [-0.2, 0) is 0 Å². The van der Waals surface area contributed by atoms with Crippen LogP contribution in [0.3, 0.4) is 0 Å². The lowest BCUT2D eigenvalue weighted by Crippen LogP contribution is -2.39. The molecule has 2 bridgehead atoms. The van der Waals surface area contributed by atoms with E-state index in [4.69, 9.17) is 0 Å². The number of nitrogens with one attached hydrogen (secondary N) is 1. The first-order valence-corrected chi connectivity index (χ1v) is 10.5. The van der Waals surface area contributed by atoms with Crippen molar-refractivity contribution in [1.82, 2.24) is 5.32 Å². The molecule has 1 atom stereocenters. The molecule has 0 saturated carbocycles. The Morgan fingerprint density at radius 3 is 2.04 bits per heavy atom. The van der Waals surface area contributed by atoms with E-state index in [-0.39, 0.29) is 11.7 Å². The number of benzene rings is 2. The topological polar surface area (TPSA) is 46.2 Å². The first-order valence-electron chi connectivity index (χ1n) is 9.70. The molecule has 6 rings (SSSR count). The van der Waals surface area contributed by atoms with Crippen molar-refractivity contribution in [2.24, 2.45) is 5.92 Å². The van der Waals surface area contributed by atoms with Gasteiger partial charge in [-0.05, 0) is 53.6 Å². The van der Waals surface area contributed by atoms with E-state index in [1.165, 1.54) is 40.5 Å². The van der Waals surface area contributed by atoms with Crippen molar-refractivity contribution in [1.29, 1.82) is 0 Å². The number of fused-ring (bicyclic) bond motifs is 1. The maximum Gasteiger partial charge on any atom is 0.261 e. The summed E-state index contributed by atoms with van der Waals surface area (Å²) in [5, 5.41) is 3.13. The lowest BCUT2D eigenvalue weighted by atomic mass is 9.59. The van der Waals surface area contributed by atoms with Gasteiger partial charge in [-0.1, -0.05) is 48.5 Å². The van der Waals surface area contributed by atoms with E-state index >= 15 is 0 Å². The van der Waals surface area contributed by atoms with Gasteiger partial charge < -0.3 is 5.32 Å². The number of thiophene rings is 1. The number of hydrogen-bond acceptors (Lipinski definition) is 3. The predicted molar refractivity (Wildman–Crippen MR) is 111 cm³/mol. The number of amides is 1. The number of Topliss-reactive ketones (excluding diaryl/α,β-unsaturated/α-hetero) is 1. The second-order valence-corrected chi connectivity index (χ2v) is 8.80. The standard InChI is InChI=1S/C24H21NO2S/c1-14(26)21-10-11-22(28-21)24(27)25-13-15-12-20-16-6-2-4-8-18(16)23(15)19-9-5-3-7-17(19)20/h2-11,15,20,23H,12-13H2,1H3,(H,25,27). The van der Waals surface area contributed by atoms with Gasteiger partial charge >= 0.3 is 0 Å². The van der Waals surface area contributed by atoms with Crippen LogP contribution >= 0.6 is 11.3 Å². The smallest absolute Gasteiger partial charge is 0.261 e. The van der Waals surface area contributed by atoms with Crippen LogP contribution in [0.25, 0.3) is 0 Å². The predicted octanol–water partition coefficient (Wildman–Crippen LogP) is 4.98. The monoisotopic (exact) mass is 387 g/mol. The molecule has 4 heteroatoms. The lowest BCUT2D eigenvalue weighted by Gasteiger charge is -2.45. The summed E-state index contributed by atoms with van der Waals surface area (Å²) in [4.78, 5) is 25.3. The van der Waals surface area contributed by atoms with E-state index in [0.29, 0.717) is 34.1 Å². The number of carbonyl (C=O) groups excluding carboxylic acids is 2. The van der Waals surface area contributed by atoms with E-state index in [1.807, 2.05) is 0 Å². The van der Waals surface area contributed by atoms with Crippen molar-refractivity contribution in [3.05, 3.63) is 92.7 Å². The van der Waals surface area contributed by atoms with Crippen LogP contribution in [0.1, 0.15) is 66.8 Å². The summed E-state index contributed by atoms with van der Waals surface area (Å²) in [5.74, 6) is 1.03. The summed E-state index contributed by atoms with van der Waals surface area (Å²) in [6, 6.07) is 21.0. The minimum atomic E-state index is -0.0829. The van der Waals surface area contributed by atoms with Gasteiger partial charge in [0.1, 0.15) is 0 Å². The van der Waals surface area contributed by atoms with Crippen molar-refractivity contribution >= 4 is 23.0 Å². The highest BCUT2D eigenvalue weighted by atomic mass is 32.1. The second-order valence-electron chi connectivity index (χ2n) is 7.71. The molecule has 1 aromatic heterocycles. The molecule has 3 aliphatic carbocycles. The van der Waals surface area contributed by atoms with Crippen molar-refractivity contribution in [2.45, 2.75) is 25.2 Å². The second kappa shape index (κ2) is 6.71. The Morgan fingerprint density at radius 2 is 1.46 bits per heavy atom. The molecule has 1 unspecified atom stereocenters. The van der Waals surface area contributed by atoms with E-state index in [1.54, 1.807) is 12.1 Å². The third-order valence-corrected chi connectivity index (χ3v) is 7.31. The van der Waals surface area contributed by atoms with Gasteiger partial charge in [-0.25, -0.2) is 0 Å². The molecule has 0 aliphatic heterocycles. The van der Waals surface area contributed by atoms with Gasteiger partial charge in [-0.15, -0.1) is 11.3 Å². The van der Waals surface area contributed by atoms with Crippen molar-refractivity contribution < 1.29 is 9.59 Å². The van der Waals surface area contributed by atoms with Crippen LogP contribution < -0.4 is 5.32 Å². The summed E-state index contributed by atoms with van der Waals surface area (Å²) in [5.41, 5.74) is 5.70. The molecule has 1 amide bonds. The highest BCUT2D eigenvalue weighted by molar-refractivity contribution is 7.15. The molecule has 140 valence electrons. The van der Waals surface area contributed by atoms with Crippen LogP contribution in [0.2, 0.25) is 0 Å². The molecule has 0 radical (unpaired) electrons. The highest BCUT2D eigenvalue weighted by Crippen LogP contribution is 2.55. The normalized spacial score (nSPS) is 21.7. The highest BCUT2D eigenvalue weighted by Gasteiger charge is 2.42. The molecule has 0 spiro atoms. The summed E-state index contributed by atoms with van der Waals surface area (Å²) in [7, 11) is 0. The number of rotatable bonds is 4. The van der Waals surface area contributed by atoms with E-state index in [2.05, 4.69) is 53.8 Å². The molecule has 1 N–H and O–H groups in total. The van der Waals surface area contributed by atoms with Gasteiger partial charge in [-0.3, -0.25) is 9.59 Å². The molecule has 2 aromatic carbocycles. The van der Waals surface area contributed by atoms with Gasteiger partial charge in [-0.2, -0.15) is 0 Å². The van der Waals surface area contributed by atoms with E-state index < -0.39 is 0 Å². The van der Waals surface area contributed by atoms with Gasteiger partial charge in [0.2, 0.25) is 0 Å². The minimum absolute atomic E-state index is 0.00172. The molecular weight excluding hydrogens is 366 g/mol. The fraction of sp³-hybridized carbons (Fsp3) is 0.250. The molecule has 0 fully saturated rings. The zero-order valence-electron chi connectivity index (χ0n) is 15.6. The fourth-order valence-electron chi connectivity index (χ4n) is 4.92. The Morgan fingerprint density at radius 1 is 0.893 bits per heavy atom. The lowest BCUT2D eigenvalue weighted by molar-refractivity contribution is 0.0946. The molecule has 1 heterocycles. The minimum Gasteiger partial charge on any atom is -0.351 e. The first-order chi connectivity index (χ1) is 13.6. The Hall–Kier alpha value is -2.72. The molecule has 3 aliphatic rings. The summed E-state index contributed by atoms with van der Waals surface area (Å²) < 4.78 is 0. The Balaban J connectivity index is 1.40. The number of carbonyl (C=O) groups is 2. The third-order valence-electron chi connectivity index (χ3n) is 6.12. The molecule has 28 heavy (non-hydrogen) atoms. The van der Waals surface area contributed by atoms with Gasteiger partial charge in [0.25, 0.3) is 5.91 Å². The van der Waals surface area contributed by atoms with Crippen molar-refractivity contribution in [2.75, 3.05) is 6.54 Å². The summed E-state index contributed by atoms with van der Waals surface area (Å²) >= 11 is 1.27. The van der Waals surface area contributed by atoms with Crippen LogP contribution in [0, 0.1) is 5.92 Å². The molecular formula is C24H21NO2S. The Labute approximate surface area is 168 Å². The van der Waals surface area contributed by atoms with Crippen LogP contribution in [0.5, 0.6) is 0 Å². The summed E-state index contributed by atoms with van der Waals surface area (Å²) in [6.45, 7) is 2.18.